The lowest BCUT2D eigenvalue weighted by molar-refractivity contribution is 0.185. The highest BCUT2D eigenvalue weighted by atomic mass is 19.1. The summed E-state index contributed by atoms with van der Waals surface area (Å²) in [6.45, 7) is 5.31. The minimum atomic E-state index is -0.120. The minimum absolute atomic E-state index is 0.120. The number of benzene rings is 1. The maximum Gasteiger partial charge on any atom is 0.127 e. The number of hydrogen-bond donors (Lipinski definition) is 1. The molecule has 3 nitrogen and oxygen atoms in total. The third kappa shape index (κ3) is 4.90. The average molecular weight is 266 g/mol. The Labute approximate surface area is 114 Å². The SMILES string of the molecule is CN(CCNCC1CCOC1)Cc1ccccc1F. The second kappa shape index (κ2) is 7.58. The molecule has 2 rings (SSSR count). The molecule has 0 amide bonds. The molecule has 1 unspecified atom stereocenters. The number of nitrogens with zero attached hydrogens (tertiary/aromatic N) is 1. The van der Waals surface area contributed by atoms with Gasteiger partial charge in [-0.1, -0.05) is 18.2 Å². The van der Waals surface area contributed by atoms with Crippen molar-refractivity contribution < 1.29 is 9.13 Å². The van der Waals surface area contributed by atoms with Crippen LogP contribution in [0.2, 0.25) is 0 Å². The van der Waals surface area contributed by atoms with Gasteiger partial charge in [0, 0.05) is 38.3 Å². The first-order valence-corrected chi connectivity index (χ1v) is 6.96. The lowest BCUT2D eigenvalue weighted by Crippen LogP contribution is -2.32. The van der Waals surface area contributed by atoms with E-state index in [0.717, 1.165) is 44.8 Å². The van der Waals surface area contributed by atoms with Crippen LogP contribution in [0, 0.1) is 11.7 Å². The fourth-order valence-electron chi connectivity index (χ4n) is 2.32. The number of rotatable bonds is 7. The molecule has 1 aromatic carbocycles. The molecule has 0 spiro atoms. The molecule has 0 aromatic heterocycles. The van der Waals surface area contributed by atoms with Crippen LogP contribution in [0.25, 0.3) is 0 Å². The van der Waals surface area contributed by atoms with Crippen molar-refractivity contribution in [3.8, 4) is 0 Å². The predicted molar refractivity (Wildman–Crippen MR) is 74.5 cm³/mol. The van der Waals surface area contributed by atoms with Crippen LogP contribution in [0.3, 0.4) is 0 Å². The number of ether oxygens (including phenoxy) is 1. The molecular weight excluding hydrogens is 243 g/mol. The third-order valence-electron chi connectivity index (χ3n) is 3.53. The molecule has 0 aliphatic carbocycles. The van der Waals surface area contributed by atoms with E-state index in [1.807, 2.05) is 19.2 Å². The monoisotopic (exact) mass is 266 g/mol. The summed E-state index contributed by atoms with van der Waals surface area (Å²) in [6, 6.07) is 6.96. The van der Waals surface area contributed by atoms with Crippen molar-refractivity contribution in [2.24, 2.45) is 5.92 Å². The van der Waals surface area contributed by atoms with Gasteiger partial charge in [0.2, 0.25) is 0 Å². The van der Waals surface area contributed by atoms with Gasteiger partial charge < -0.3 is 15.0 Å². The van der Waals surface area contributed by atoms with Crippen molar-refractivity contribution in [1.82, 2.24) is 10.2 Å². The van der Waals surface area contributed by atoms with Crippen LogP contribution in [0.15, 0.2) is 24.3 Å². The zero-order chi connectivity index (χ0) is 13.5. The molecule has 1 heterocycles. The quantitative estimate of drug-likeness (QED) is 0.763. The van der Waals surface area contributed by atoms with Crippen LogP contribution in [0.1, 0.15) is 12.0 Å². The van der Waals surface area contributed by atoms with Crippen molar-refractivity contribution in [2.45, 2.75) is 13.0 Å². The zero-order valence-corrected chi connectivity index (χ0v) is 11.6. The number of likely N-dealkylation sites (N-methyl/N-ethyl adjacent to an activating group) is 1. The Morgan fingerprint density at radius 2 is 2.26 bits per heavy atom. The summed E-state index contributed by atoms with van der Waals surface area (Å²) in [7, 11) is 2.02. The second-order valence-corrected chi connectivity index (χ2v) is 5.26. The topological polar surface area (TPSA) is 24.5 Å². The van der Waals surface area contributed by atoms with Gasteiger partial charge in [0.15, 0.2) is 0 Å². The highest BCUT2D eigenvalue weighted by Gasteiger charge is 2.14. The van der Waals surface area contributed by atoms with E-state index in [9.17, 15) is 4.39 Å². The largest absolute Gasteiger partial charge is 0.381 e. The normalized spacial score (nSPS) is 19.2. The van der Waals surface area contributed by atoms with Crippen molar-refractivity contribution in [2.75, 3.05) is 39.9 Å². The Kier molecular flexibility index (Phi) is 5.76. The fourth-order valence-corrected chi connectivity index (χ4v) is 2.32. The van der Waals surface area contributed by atoms with E-state index in [0.29, 0.717) is 12.5 Å². The number of halogens is 1. The van der Waals surface area contributed by atoms with E-state index in [1.165, 1.54) is 6.07 Å². The molecule has 0 saturated carbocycles. The summed E-state index contributed by atoms with van der Waals surface area (Å²) in [5.74, 6) is 0.544. The van der Waals surface area contributed by atoms with Crippen molar-refractivity contribution in [3.05, 3.63) is 35.6 Å². The van der Waals surface area contributed by atoms with Crippen molar-refractivity contribution >= 4 is 0 Å². The third-order valence-corrected chi connectivity index (χ3v) is 3.53. The van der Waals surface area contributed by atoms with Gasteiger partial charge >= 0.3 is 0 Å². The van der Waals surface area contributed by atoms with E-state index in [-0.39, 0.29) is 5.82 Å². The summed E-state index contributed by atoms with van der Waals surface area (Å²) < 4.78 is 18.8. The number of nitrogens with one attached hydrogen (secondary N) is 1. The first-order valence-electron chi connectivity index (χ1n) is 6.96. The van der Waals surface area contributed by atoms with Gasteiger partial charge in [-0.25, -0.2) is 4.39 Å². The highest BCUT2D eigenvalue weighted by molar-refractivity contribution is 5.16. The smallest absolute Gasteiger partial charge is 0.127 e. The molecular formula is C15H23FN2O. The number of hydrogen-bond acceptors (Lipinski definition) is 3. The zero-order valence-electron chi connectivity index (χ0n) is 11.6. The van der Waals surface area contributed by atoms with Gasteiger partial charge in [-0.15, -0.1) is 0 Å². The molecule has 0 bridgehead atoms. The molecule has 1 aliphatic heterocycles. The van der Waals surface area contributed by atoms with Gasteiger partial charge in [0.1, 0.15) is 5.82 Å². The lowest BCUT2D eigenvalue weighted by atomic mass is 10.1. The molecule has 1 aromatic rings. The lowest BCUT2D eigenvalue weighted by Gasteiger charge is -2.18. The average Bonchev–Trinajstić information content (AvgIpc) is 2.91. The maximum absolute atomic E-state index is 13.5. The fraction of sp³-hybridized carbons (Fsp3) is 0.600. The summed E-state index contributed by atoms with van der Waals surface area (Å²) in [5, 5.41) is 3.44. The van der Waals surface area contributed by atoms with E-state index in [1.54, 1.807) is 6.07 Å². The molecule has 1 N–H and O–H groups in total. The Bertz CT molecular complexity index is 380. The molecule has 19 heavy (non-hydrogen) atoms. The molecule has 0 radical (unpaired) electrons. The summed E-state index contributed by atoms with van der Waals surface area (Å²) >= 11 is 0. The maximum atomic E-state index is 13.5. The first-order chi connectivity index (χ1) is 9.25. The van der Waals surface area contributed by atoms with Crippen LogP contribution < -0.4 is 5.32 Å². The summed E-state index contributed by atoms with van der Waals surface area (Å²) in [4.78, 5) is 2.14. The van der Waals surface area contributed by atoms with Gasteiger partial charge in [0.05, 0.1) is 6.61 Å². The molecule has 106 valence electrons. The van der Waals surface area contributed by atoms with E-state index in [2.05, 4.69) is 10.2 Å². The van der Waals surface area contributed by atoms with Crippen LogP contribution >= 0.6 is 0 Å². The van der Waals surface area contributed by atoms with E-state index < -0.39 is 0 Å². The minimum Gasteiger partial charge on any atom is -0.381 e. The van der Waals surface area contributed by atoms with E-state index >= 15 is 0 Å². The predicted octanol–water partition coefficient (Wildman–Crippen LogP) is 1.88. The Balaban J connectivity index is 1.61. The summed E-state index contributed by atoms with van der Waals surface area (Å²) in [6.07, 6.45) is 1.16. The van der Waals surface area contributed by atoms with E-state index in [4.69, 9.17) is 4.74 Å². The molecule has 1 saturated heterocycles. The van der Waals surface area contributed by atoms with Gasteiger partial charge in [-0.05, 0) is 25.5 Å². The molecule has 1 aliphatic rings. The molecule has 4 heteroatoms. The van der Waals surface area contributed by atoms with Gasteiger partial charge in [0.25, 0.3) is 0 Å². The Morgan fingerprint density at radius 3 is 3.00 bits per heavy atom. The first kappa shape index (κ1) is 14.4. The van der Waals surface area contributed by atoms with Crippen LogP contribution in [0.5, 0.6) is 0 Å². The van der Waals surface area contributed by atoms with Crippen LogP contribution in [-0.2, 0) is 11.3 Å². The Hall–Kier alpha value is -0.970. The molecule has 1 fully saturated rings. The van der Waals surface area contributed by atoms with Crippen LogP contribution in [0.4, 0.5) is 4.39 Å². The van der Waals surface area contributed by atoms with Gasteiger partial charge in [-0.3, -0.25) is 0 Å². The highest BCUT2D eigenvalue weighted by Crippen LogP contribution is 2.10. The Morgan fingerprint density at radius 1 is 1.42 bits per heavy atom. The second-order valence-electron chi connectivity index (χ2n) is 5.26. The summed E-state index contributed by atoms with van der Waals surface area (Å²) in [5.41, 5.74) is 0.759. The molecule has 1 atom stereocenters. The van der Waals surface area contributed by atoms with Crippen molar-refractivity contribution in [1.29, 1.82) is 0 Å². The van der Waals surface area contributed by atoms with Gasteiger partial charge in [-0.2, -0.15) is 0 Å². The van der Waals surface area contributed by atoms with Crippen molar-refractivity contribution in [3.63, 3.8) is 0 Å². The van der Waals surface area contributed by atoms with Crippen LogP contribution in [-0.4, -0.2) is 44.8 Å². The standard InChI is InChI=1S/C15H23FN2O/c1-18(11-14-4-2-3-5-15(14)16)8-7-17-10-13-6-9-19-12-13/h2-5,13,17H,6-12H2,1H3.